The number of hydrogen-bond acceptors (Lipinski definition) is 5. The molecule has 19 heavy (non-hydrogen) atoms. The molecule has 0 fully saturated rings. The number of benzene rings is 1. The van der Waals surface area contributed by atoms with E-state index in [2.05, 4.69) is 26.2 Å². The standard InChI is InChI=1S/C13H15BrN2O2S/c1-17-12-3-9(11(14)4-13(12)18-2)5-15-6-10-7-19-8-16-10/h3-4,7-8,15H,5-6H2,1-2H3. The van der Waals surface area contributed by atoms with Crippen LogP contribution in [0.25, 0.3) is 0 Å². The third-order valence-corrected chi connectivity index (χ3v) is 4.03. The molecule has 0 radical (unpaired) electrons. The monoisotopic (exact) mass is 342 g/mol. The van der Waals surface area contributed by atoms with Gasteiger partial charge in [-0.25, -0.2) is 4.98 Å². The summed E-state index contributed by atoms with van der Waals surface area (Å²) in [5.41, 5.74) is 4.01. The summed E-state index contributed by atoms with van der Waals surface area (Å²) in [6.45, 7) is 1.49. The van der Waals surface area contributed by atoms with Crippen LogP contribution in [0.15, 0.2) is 27.5 Å². The van der Waals surface area contributed by atoms with Gasteiger partial charge >= 0.3 is 0 Å². The molecule has 6 heteroatoms. The molecule has 1 aromatic heterocycles. The Hall–Kier alpha value is -1.11. The molecule has 0 amide bonds. The SMILES string of the molecule is COc1cc(Br)c(CNCc2cscn2)cc1OC. The van der Waals surface area contributed by atoms with Crippen LogP contribution in [0.1, 0.15) is 11.3 Å². The van der Waals surface area contributed by atoms with Crippen molar-refractivity contribution in [3.05, 3.63) is 38.8 Å². The summed E-state index contributed by atoms with van der Waals surface area (Å²) in [6, 6.07) is 3.88. The fourth-order valence-corrected chi connectivity index (χ4v) is 2.70. The van der Waals surface area contributed by atoms with E-state index in [0.717, 1.165) is 40.3 Å². The van der Waals surface area contributed by atoms with Crippen LogP contribution in [-0.2, 0) is 13.1 Å². The molecule has 0 aliphatic carbocycles. The van der Waals surface area contributed by atoms with Crippen LogP contribution in [0.2, 0.25) is 0 Å². The molecule has 0 bridgehead atoms. The van der Waals surface area contributed by atoms with Crippen molar-refractivity contribution in [2.24, 2.45) is 0 Å². The van der Waals surface area contributed by atoms with E-state index < -0.39 is 0 Å². The molecule has 0 spiro atoms. The molecule has 1 N–H and O–H groups in total. The Kier molecular flexibility index (Phi) is 5.18. The molecule has 0 saturated heterocycles. The van der Waals surface area contributed by atoms with Crippen LogP contribution >= 0.6 is 27.3 Å². The number of rotatable bonds is 6. The Bertz CT molecular complexity index is 532. The number of halogens is 1. The summed E-state index contributed by atoms with van der Waals surface area (Å²) in [5, 5.41) is 5.39. The van der Waals surface area contributed by atoms with E-state index in [9.17, 15) is 0 Å². The molecule has 1 heterocycles. The lowest BCUT2D eigenvalue weighted by Crippen LogP contribution is -2.13. The normalized spacial score (nSPS) is 10.5. The van der Waals surface area contributed by atoms with E-state index in [1.54, 1.807) is 25.6 Å². The second kappa shape index (κ2) is 6.88. The zero-order chi connectivity index (χ0) is 13.7. The predicted octanol–water partition coefficient (Wildman–Crippen LogP) is 3.21. The highest BCUT2D eigenvalue weighted by Gasteiger charge is 2.09. The first-order valence-corrected chi connectivity index (χ1v) is 7.46. The van der Waals surface area contributed by atoms with E-state index in [1.807, 2.05) is 23.0 Å². The molecule has 2 rings (SSSR count). The average Bonchev–Trinajstić information content (AvgIpc) is 2.93. The zero-order valence-electron chi connectivity index (χ0n) is 10.8. The first-order chi connectivity index (χ1) is 9.24. The summed E-state index contributed by atoms with van der Waals surface area (Å²) in [4.78, 5) is 4.23. The highest BCUT2D eigenvalue weighted by atomic mass is 79.9. The lowest BCUT2D eigenvalue weighted by molar-refractivity contribution is 0.354. The van der Waals surface area contributed by atoms with Crippen LogP contribution in [-0.4, -0.2) is 19.2 Å². The molecular formula is C13H15BrN2O2S. The number of nitrogens with one attached hydrogen (secondary N) is 1. The second-order valence-corrected chi connectivity index (χ2v) is 5.45. The molecule has 0 saturated carbocycles. The predicted molar refractivity (Wildman–Crippen MR) is 79.9 cm³/mol. The van der Waals surface area contributed by atoms with Gasteiger partial charge in [-0.05, 0) is 17.7 Å². The first kappa shape index (κ1) is 14.3. The van der Waals surface area contributed by atoms with Gasteiger partial charge in [0.15, 0.2) is 11.5 Å². The summed E-state index contributed by atoms with van der Waals surface area (Å²) in [5.74, 6) is 1.45. The Morgan fingerprint density at radius 2 is 1.95 bits per heavy atom. The van der Waals surface area contributed by atoms with Gasteiger partial charge in [0.1, 0.15) is 0 Å². The average molecular weight is 343 g/mol. The Morgan fingerprint density at radius 3 is 2.58 bits per heavy atom. The van der Waals surface area contributed by atoms with Crippen molar-refractivity contribution >= 4 is 27.3 Å². The minimum Gasteiger partial charge on any atom is -0.493 e. The third kappa shape index (κ3) is 3.68. The number of methoxy groups -OCH3 is 2. The Labute approximate surface area is 124 Å². The third-order valence-electron chi connectivity index (χ3n) is 2.66. The number of nitrogens with zero attached hydrogens (tertiary/aromatic N) is 1. The minimum absolute atomic E-state index is 0.720. The van der Waals surface area contributed by atoms with Crippen molar-refractivity contribution in [3.8, 4) is 11.5 Å². The molecule has 4 nitrogen and oxygen atoms in total. The molecule has 0 atom stereocenters. The first-order valence-electron chi connectivity index (χ1n) is 5.72. The maximum atomic E-state index is 5.30. The number of ether oxygens (including phenoxy) is 2. The van der Waals surface area contributed by atoms with E-state index in [-0.39, 0.29) is 0 Å². The Balaban J connectivity index is 2.03. The van der Waals surface area contributed by atoms with Gasteiger partial charge in [-0.3, -0.25) is 0 Å². The number of hydrogen-bond donors (Lipinski definition) is 1. The summed E-state index contributed by atoms with van der Waals surface area (Å²) in [7, 11) is 3.27. The molecule has 1 aromatic carbocycles. The molecule has 0 aliphatic rings. The van der Waals surface area contributed by atoms with Gasteiger partial charge in [-0.1, -0.05) is 15.9 Å². The Morgan fingerprint density at radius 1 is 1.21 bits per heavy atom. The quantitative estimate of drug-likeness (QED) is 0.875. The van der Waals surface area contributed by atoms with Crippen LogP contribution < -0.4 is 14.8 Å². The van der Waals surface area contributed by atoms with Gasteiger partial charge in [0.2, 0.25) is 0 Å². The van der Waals surface area contributed by atoms with E-state index >= 15 is 0 Å². The van der Waals surface area contributed by atoms with E-state index in [4.69, 9.17) is 9.47 Å². The molecule has 2 aromatic rings. The highest BCUT2D eigenvalue weighted by Crippen LogP contribution is 2.33. The van der Waals surface area contributed by atoms with E-state index in [0.29, 0.717) is 0 Å². The van der Waals surface area contributed by atoms with Crippen molar-refractivity contribution in [1.82, 2.24) is 10.3 Å². The second-order valence-electron chi connectivity index (χ2n) is 3.88. The van der Waals surface area contributed by atoms with Gasteiger partial charge in [0.25, 0.3) is 0 Å². The van der Waals surface area contributed by atoms with Crippen LogP contribution in [0.4, 0.5) is 0 Å². The van der Waals surface area contributed by atoms with Crippen LogP contribution in [0, 0.1) is 0 Å². The van der Waals surface area contributed by atoms with E-state index in [1.165, 1.54) is 0 Å². The van der Waals surface area contributed by atoms with Gasteiger partial charge in [0.05, 0.1) is 25.4 Å². The largest absolute Gasteiger partial charge is 0.493 e. The van der Waals surface area contributed by atoms with Gasteiger partial charge in [0, 0.05) is 22.9 Å². The minimum atomic E-state index is 0.720. The van der Waals surface area contributed by atoms with Crippen LogP contribution in [0.3, 0.4) is 0 Å². The van der Waals surface area contributed by atoms with Crippen molar-refractivity contribution in [2.75, 3.05) is 14.2 Å². The fourth-order valence-electron chi connectivity index (χ4n) is 1.68. The van der Waals surface area contributed by atoms with Crippen molar-refractivity contribution in [2.45, 2.75) is 13.1 Å². The van der Waals surface area contributed by atoms with Gasteiger partial charge < -0.3 is 14.8 Å². The molecule has 0 aliphatic heterocycles. The maximum absolute atomic E-state index is 5.30. The van der Waals surface area contributed by atoms with Gasteiger partial charge in [-0.2, -0.15) is 0 Å². The van der Waals surface area contributed by atoms with Crippen molar-refractivity contribution < 1.29 is 9.47 Å². The number of thiazole rings is 1. The summed E-state index contributed by atoms with van der Waals surface area (Å²) < 4.78 is 11.5. The lowest BCUT2D eigenvalue weighted by atomic mass is 10.2. The topological polar surface area (TPSA) is 43.4 Å². The summed E-state index contributed by atoms with van der Waals surface area (Å²) >= 11 is 5.14. The summed E-state index contributed by atoms with van der Waals surface area (Å²) in [6.07, 6.45) is 0. The lowest BCUT2D eigenvalue weighted by Gasteiger charge is -2.12. The van der Waals surface area contributed by atoms with Crippen LogP contribution in [0.5, 0.6) is 11.5 Å². The molecule has 0 unspecified atom stereocenters. The maximum Gasteiger partial charge on any atom is 0.161 e. The highest BCUT2D eigenvalue weighted by molar-refractivity contribution is 9.10. The number of aromatic nitrogens is 1. The fraction of sp³-hybridized carbons (Fsp3) is 0.308. The van der Waals surface area contributed by atoms with Crippen molar-refractivity contribution in [1.29, 1.82) is 0 Å². The molecular weight excluding hydrogens is 328 g/mol. The smallest absolute Gasteiger partial charge is 0.161 e. The van der Waals surface area contributed by atoms with Crippen molar-refractivity contribution in [3.63, 3.8) is 0 Å². The van der Waals surface area contributed by atoms with Gasteiger partial charge in [-0.15, -0.1) is 11.3 Å². The molecule has 102 valence electrons. The zero-order valence-corrected chi connectivity index (χ0v) is 13.2.